The Morgan fingerprint density at radius 1 is 1.11 bits per heavy atom. The van der Waals surface area contributed by atoms with E-state index in [9.17, 15) is 10.1 Å². The average Bonchev–Trinajstić information content (AvgIpc) is 2.34. The standard InChI is InChI=1S/C12H8Br2N2O3/c13-10-5-7(15)6-11(14)12(10)19-9-3-1-8(2-4-9)16(17)18/h1-6H,15H2. The molecule has 0 fully saturated rings. The maximum atomic E-state index is 10.6. The van der Waals surface area contributed by atoms with E-state index in [1.807, 2.05) is 0 Å². The summed E-state index contributed by atoms with van der Waals surface area (Å²) in [4.78, 5) is 10.1. The van der Waals surface area contributed by atoms with Crippen LogP contribution in [0, 0.1) is 10.1 Å². The predicted octanol–water partition coefficient (Wildman–Crippen LogP) is 4.49. The van der Waals surface area contributed by atoms with Gasteiger partial charge in [0, 0.05) is 17.8 Å². The minimum atomic E-state index is -0.459. The molecule has 0 heterocycles. The lowest BCUT2D eigenvalue weighted by molar-refractivity contribution is -0.384. The summed E-state index contributed by atoms with van der Waals surface area (Å²) in [5.74, 6) is 1.06. The van der Waals surface area contributed by atoms with Gasteiger partial charge in [0.25, 0.3) is 5.69 Å². The van der Waals surface area contributed by atoms with E-state index in [0.717, 1.165) is 0 Å². The van der Waals surface area contributed by atoms with E-state index in [1.54, 1.807) is 12.1 Å². The van der Waals surface area contributed by atoms with Crippen LogP contribution >= 0.6 is 31.9 Å². The molecule has 0 aromatic heterocycles. The number of nitro benzene ring substituents is 1. The van der Waals surface area contributed by atoms with Crippen LogP contribution in [0.15, 0.2) is 45.3 Å². The van der Waals surface area contributed by atoms with Gasteiger partial charge in [-0.05, 0) is 56.1 Å². The van der Waals surface area contributed by atoms with Crippen molar-refractivity contribution >= 4 is 43.2 Å². The largest absolute Gasteiger partial charge is 0.455 e. The van der Waals surface area contributed by atoms with Crippen molar-refractivity contribution in [3.8, 4) is 11.5 Å². The van der Waals surface area contributed by atoms with E-state index in [2.05, 4.69) is 31.9 Å². The Hall–Kier alpha value is -1.60. The van der Waals surface area contributed by atoms with Gasteiger partial charge in [-0.15, -0.1) is 0 Å². The molecule has 98 valence electrons. The number of anilines is 1. The van der Waals surface area contributed by atoms with Crippen LogP contribution in [-0.4, -0.2) is 4.92 Å². The number of benzene rings is 2. The molecule has 2 aromatic carbocycles. The first kappa shape index (κ1) is 13.8. The molecular formula is C12H8Br2N2O3. The predicted molar refractivity (Wildman–Crippen MR) is 79.4 cm³/mol. The van der Waals surface area contributed by atoms with Crippen molar-refractivity contribution in [1.82, 2.24) is 0 Å². The first-order valence-electron chi connectivity index (χ1n) is 5.14. The fourth-order valence-electron chi connectivity index (χ4n) is 1.43. The third-order valence-electron chi connectivity index (χ3n) is 2.29. The first-order valence-corrected chi connectivity index (χ1v) is 6.73. The lowest BCUT2D eigenvalue weighted by atomic mass is 10.3. The quantitative estimate of drug-likeness (QED) is 0.478. The van der Waals surface area contributed by atoms with Crippen molar-refractivity contribution in [1.29, 1.82) is 0 Å². The molecule has 2 rings (SSSR count). The van der Waals surface area contributed by atoms with Crippen LogP contribution in [0.25, 0.3) is 0 Å². The van der Waals surface area contributed by atoms with Crippen LogP contribution in [0.5, 0.6) is 11.5 Å². The smallest absolute Gasteiger partial charge is 0.269 e. The summed E-state index contributed by atoms with van der Waals surface area (Å²) in [6, 6.07) is 9.26. The van der Waals surface area contributed by atoms with Gasteiger partial charge in [-0.3, -0.25) is 10.1 Å². The molecule has 2 aromatic rings. The molecule has 0 atom stereocenters. The Bertz CT molecular complexity index is 606. The molecule has 0 saturated carbocycles. The molecule has 0 spiro atoms. The monoisotopic (exact) mass is 386 g/mol. The number of nitrogens with zero attached hydrogens (tertiary/aromatic N) is 1. The number of halogens is 2. The molecule has 7 heteroatoms. The van der Waals surface area contributed by atoms with E-state index >= 15 is 0 Å². The molecule has 0 aliphatic rings. The van der Waals surface area contributed by atoms with E-state index in [1.165, 1.54) is 24.3 Å². The van der Waals surface area contributed by atoms with Gasteiger partial charge in [0.2, 0.25) is 0 Å². The number of non-ortho nitro benzene ring substituents is 1. The zero-order valence-electron chi connectivity index (χ0n) is 9.47. The summed E-state index contributed by atoms with van der Waals surface area (Å²) in [6.07, 6.45) is 0. The van der Waals surface area contributed by atoms with Gasteiger partial charge < -0.3 is 10.5 Å². The van der Waals surface area contributed by atoms with Gasteiger partial charge in [0.15, 0.2) is 5.75 Å². The number of rotatable bonds is 3. The van der Waals surface area contributed by atoms with Crippen molar-refractivity contribution in [2.75, 3.05) is 5.73 Å². The highest BCUT2D eigenvalue weighted by Gasteiger charge is 2.10. The van der Waals surface area contributed by atoms with Crippen molar-refractivity contribution < 1.29 is 9.66 Å². The van der Waals surface area contributed by atoms with Crippen LogP contribution in [-0.2, 0) is 0 Å². The van der Waals surface area contributed by atoms with Crippen LogP contribution in [0.3, 0.4) is 0 Å². The Kier molecular flexibility index (Phi) is 4.06. The fourth-order valence-corrected chi connectivity index (χ4v) is 2.81. The second kappa shape index (κ2) is 5.58. The van der Waals surface area contributed by atoms with E-state index in [0.29, 0.717) is 26.1 Å². The molecule has 0 unspecified atom stereocenters. The highest BCUT2D eigenvalue weighted by Crippen LogP contribution is 2.38. The zero-order valence-corrected chi connectivity index (χ0v) is 12.6. The number of hydrogen-bond acceptors (Lipinski definition) is 4. The number of ether oxygens (including phenoxy) is 1. The Labute approximate surface area is 125 Å². The third-order valence-corrected chi connectivity index (χ3v) is 3.47. The maximum Gasteiger partial charge on any atom is 0.269 e. The number of nitrogen functional groups attached to an aromatic ring is 1. The maximum absolute atomic E-state index is 10.6. The second-order valence-electron chi connectivity index (χ2n) is 3.67. The average molecular weight is 388 g/mol. The second-order valence-corrected chi connectivity index (χ2v) is 5.38. The minimum Gasteiger partial charge on any atom is -0.455 e. The SMILES string of the molecule is Nc1cc(Br)c(Oc2ccc([N+](=O)[O-])cc2)c(Br)c1. The topological polar surface area (TPSA) is 78.4 Å². The molecule has 0 radical (unpaired) electrons. The zero-order chi connectivity index (χ0) is 14.0. The van der Waals surface area contributed by atoms with Gasteiger partial charge in [0.1, 0.15) is 5.75 Å². The van der Waals surface area contributed by atoms with Crippen molar-refractivity contribution in [3.63, 3.8) is 0 Å². The van der Waals surface area contributed by atoms with Crippen molar-refractivity contribution in [3.05, 3.63) is 55.5 Å². The summed E-state index contributed by atoms with van der Waals surface area (Å²) < 4.78 is 7.04. The molecule has 5 nitrogen and oxygen atoms in total. The first-order chi connectivity index (χ1) is 8.97. The van der Waals surface area contributed by atoms with Crippen molar-refractivity contribution in [2.45, 2.75) is 0 Å². The Morgan fingerprint density at radius 2 is 1.63 bits per heavy atom. The van der Waals surface area contributed by atoms with Crippen molar-refractivity contribution in [2.24, 2.45) is 0 Å². The fraction of sp³-hybridized carbons (Fsp3) is 0. The molecule has 0 saturated heterocycles. The van der Waals surface area contributed by atoms with Crippen LogP contribution in [0.1, 0.15) is 0 Å². The molecule has 2 N–H and O–H groups in total. The molecule has 0 aliphatic heterocycles. The summed E-state index contributed by atoms with van der Waals surface area (Å²) in [6.45, 7) is 0. The highest BCUT2D eigenvalue weighted by molar-refractivity contribution is 9.11. The van der Waals surface area contributed by atoms with E-state index in [-0.39, 0.29) is 5.69 Å². The van der Waals surface area contributed by atoms with E-state index < -0.39 is 4.92 Å². The molecule has 0 amide bonds. The third kappa shape index (κ3) is 3.24. The van der Waals surface area contributed by atoms with Gasteiger partial charge in [-0.2, -0.15) is 0 Å². The molecular weight excluding hydrogens is 380 g/mol. The lowest BCUT2D eigenvalue weighted by Crippen LogP contribution is -1.91. The van der Waals surface area contributed by atoms with E-state index in [4.69, 9.17) is 10.5 Å². The molecule has 0 bridgehead atoms. The summed E-state index contributed by atoms with van der Waals surface area (Å²) in [5.41, 5.74) is 6.29. The molecule has 19 heavy (non-hydrogen) atoms. The summed E-state index contributed by atoms with van der Waals surface area (Å²) in [5, 5.41) is 10.6. The minimum absolute atomic E-state index is 0.0165. The normalized spacial score (nSPS) is 10.2. The van der Waals surface area contributed by atoms with Gasteiger partial charge in [-0.25, -0.2) is 0 Å². The highest BCUT2D eigenvalue weighted by atomic mass is 79.9. The number of hydrogen-bond donors (Lipinski definition) is 1. The van der Waals surface area contributed by atoms with Crippen LogP contribution in [0.2, 0.25) is 0 Å². The number of nitro groups is 1. The van der Waals surface area contributed by atoms with Crippen LogP contribution in [0.4, 0.5) is 11.4 Å². The Balaban J connectivity index is 2.29. The summed E-state index contributed by atoms with van der Waals surface area (Å²) in [7, 11) is 0. The lowest BCUT2D eigenvalue weighted by Gasteiger charge is -2.10. The summed E-state index contributed by atoms with van der Waals surface area (Å²) >= 11 is 6.70. The Morgan fingerprint density at radius 3 is 2.11 bits per heavy atom. The van der Waals surface area contributed by atoms with Gasteiger partial charge in [-0.1, -0.05) is 0 Å². The molecule has 0 aliphatic carbocycles. The van der Waals surface area contributed by atoms with Crippen LogP contribution < -0.4 is 10.5 Å². The van der Waals surface area contributed by atoms with Gasteiger partial charge >= 0.3 is 0 Å². The van der Waals surface area contributed by atoms with Gasteiger partial charge in [0.05, 0.1) is 13.9 Å². The number of nitrogens with two attached hydrogens (primary N) is 1.